The van der Waals surface area contributed by atoms with Crippen LogP contribution in [0.1, 0.15) is 38.2 Å². The molecule has 1 aliphatic heterocycles. The molecule has 1 aliphatic rings. The number of hydrogen-bond donors (Lipinski definition) is 0. The monoisotopic (exact) mass is 271 g/mol. The third-order valence-electron chi connectivity index (χ3n) is 3.88. The molecule has 0 aliphatic carbocycles. The van der Waals surface area contributed by atoms with E-state index in [-0.39, 0.29) is 12.8 Å². The maximum atomic E-state index is 12.6. The van der Waals surface area contributed by atoms with E-state index in [1.807, 2.05) is 17.0 Å². The quantitative estimate of drug-likeness (QED) is 0.760. The summed E-state index contributed by atoms with van der Waals surface area (Å²) in [6, 6.07) is 8.16. The average Bonchev–Trinajstić information content (AvgIpc) is 2.38. The third-order valence-corrected chi connectivity index (χ3v) is 3.88. The summed E-state index contributed by atoms with van der Waals surface area (Å²) >= 11 is 0. The van der Waals surface area contributed by atoms with Gasteiger partial charge in [-0.05, 0) is 36.5 Å². The van der Waals surface area contributed by atoms with Crippen molar-refractivity contribution in [1.29, 1.82) is 0 Å². The van der Waals surface area contributed by atoms with Gasteiger partial charge in [0.15, 0.2) is 0 Å². The molecule has 1 aromatic rings. The van der Waals surface area contributed by atoms with Crippen LogP contribution in [0.5, 0.6) is 0 Å². The molecule has 0 saturated carbocycles. The van der Waals surface area contributed by atoms with Gasteiger partial charge in [0.1, 0.15) is 0 Å². The number of halogens is 3. The molecule has 0 bridgehead atoms. The van der Waals surface area contributed by atoms with Crippen LogP contribution in [0.15, 0.2) is 24.3 Å². The second-order valence-corrected chi connectivity index (χ2v) is 5.55. The van der Waals surface area contributed by atoms with Gasteiger partial charge in [-0.15, -0.1) is 0 Å². The lowest BCUT2D eigenvalue weighted by Crippen LogP contribution is -2.38. The van der Waals surface area contributed by atoms with Crippen LogP contribution in [0.4, 0.5) is 18.9 Å². The summed E-state index contributed by atoms with van der Waals surface area (Å²) < 4.78 is 37.8. The summed E-state index contributed by atoms with van der Waals surface area (Å²) in [5, 5.41) is 0. The lowest BCUT2D eigenvalue weighted by molar-refractivity contribution is -0.179. The molecule has 0 spiro atoms. The maximum Gasteiger partial charge on any atom is 0.391 e. The predicted octanol–water partition coefficient (Wildman–Crippen LogP) is 4.59. The van der Waals surface area contributed by atoms with Crippen molar-refractivity contribution in [3.05, 3.63) is 29.8 Å². The number of nitrogens with zero attached hydrogens (tertiary/aromatic N) is 1. The molecular weight excluding hydrogens is 251 g/mol. The highest BCUT2D eigenvalue weighted by atomic mass is 19.4. The van der Waals surface area contributed by atoms with Gasteiger partial charge >= 0.3 is 6.18 Å². The lowest BCUT2D eigenvalue weighted by Gasteiger charge is -2.34. The van der Waals surface area contributed by atoms with Crippen LogP contribution >= 0.6 is 0 Å². The van der Waals surface area contributed by atoms with E-state index in [1.165, 1.54) is 5.56 Å². The first-order valence-electron chi connectivity index (χ1n) is 6.79. The van der Waals surface area contributed by atoms with Crippen molar-refractivity contribution in [3.8, 4) is 0 Å². The minimum Gasteiger partial charge on any atom is -0.372 e. The summed E-state index contributed by atoms with van der Waals surface area (Å²) in [5.74, 6) is -0.649. The van der Waals surface area contributed by atoms with Gasteiger partial charge in [-0.3, -0.25) is 0 Å². The van der Waals surface area contributed by atoms with Crippen molar-refractivity contribution in [2.24, 2.45) is 5.92 Å². The van der Waals surface area contributed by atoms with Crippen LogP contribution in [0, 0.1) is 5.92 Å². The van der Waals surface area contributed by atoms with Gasteiger partial charge in [-0.25, -0.2) is 0 Å². The number of piperidine rings is 1. The highest BCUT2D eigenvalue weighted by Crippen LogP contribution is 2.35. The Hall–Kier alpha value is -1.19. The highest BCUT2D eigenvalue weighted by Gasteiger charge is 2.41. The van der Waals surface area contributed by atoms with Crippen LogP contribution in [0.3, 0.4) is 0 Å². The summed E-state index contributed by atoms with van der Waals surface area (Å²) in [7, 11) is 0. The normalized spacial score (nSPS) is 18.1. The van der Waals surface area contributed by atoms with E-state index in [1.54, 1.807) is 0 Å². The Labute approximate surface area is 112 Å². The Morgan fingerprint density at radius 1 is 1.05 bits per heavy atom. The van der Waals surface area contributed by atoms with E-state index >= 15 is 0 Å². The van der Waals surface area contributed by atoms with E-state index < -0.39 is 12.1 Å². The first-order valence-corrected chi connectivity index (χ1v) is 6.79. The first-order chi connectivity index (χ1) is 8.88. The van der Waals surface area contributed by atoms with Gasteiger partial charge < -0.3 is 4.90 Å². The smallest absolute Gasteiger partial charge is 0.372 e. The molecule has 1 heterocycles. The largest absolute Gasteiger partial charge is 0.391 e. The molecule has 0 aromatic heterocycles. The Morgan fingerprint density at radius 2 is 1.58 bits per heavy atom. The molecule has 0 atom stereocenters. The van der Waals surface area contributed by atoms with E-state index in [4.69, 9.17) is 0 Å². The van der Waals surface area contributed by atoms with Crippen LogP contribution in [0.2, 0.25) is 0 Å². The van der Waals surface area contributed by atoms with E-state index in [0.29, 0.717) is 19.0 Å². The van der Waals surface area contributed by atoms with E-state index in [2.05, 4.69) is 26.0 Å². The lowest BCUT2D eigenvalue weighted by atomic mass is 9.95. The molecule has 4 heteroatoms. The molecule has 0 N–H and O–H groups in total. The summed E-state index contributed by atoms with van der Waals surface area (Å²) in [6.45, 7) is 5.24. The van der Waals surface area contributed by atoms with Crippen molar-refractivity contribution in [2.75, 3.05) is 18.0 Å². The molecule has 0 unspecified atom stereocenters. The minimum atomic E-state index is -4.03. The van der Waals surface area contributed by atoms with Crippen molar-refractivity contribution < 1.29 is 13.2 Å². The van der Waals surface area contributed by atoms with Crippen molar-refractivity contribution >= 4 is 5.69 Å². The number of alkyl halides is 3. The molecule has 2 rings (SSSR count). The minimum absolute atomic E-state index is 0.204. The van der Waals surface area contributed by atoms with E-state index in [0.717, 1.165) is 5.69 Å². The molecule has 106 valence electrons. The number of rotatable bonds is 2. The van der Waals surface area contributed by atoms with Crippen molar-refractivity contribution in [3.63, 3.8) is 0 Å². The zero-order valence-electron chi connectivity index (χ0n) is 11.4. The van der Waals surface area contributed by atoms with Gasteiger partial charge in [0.05, 0.1) is 5.92 Å². The molecular formula is C15H20F3N. The molecule has 1 saturated heterocycles. The zero-order chi connectivity index (χ0) is 14.0. The number of benzene rings is 1. The Balaban J connectivity index is 1.98. The van der Waals surface area contributed by atoms with Crippen LogP contribution in [-0.2, 0) is 0 Å². The maximum absolute atomic E-state index is 12.6. The third kappa shape index (κ3) is 3.43. The molecule has 0 radical (unpaired) electrons. The highest BCUT2D eigenvalue weighted by molar-refractivity contribution is 5.48. The Bertz CT molecular complexity index is 400. The molecule has 19 heavy (non-hydrogen) atoms. The Kier molecular flexibility index (Phi) is 4.07. The van der Waals surface area contributed by atoms with Gasteiger partial charge in [0.2, 0.25) is 0 Å². The van der Waals surface area contributed by atoms with Crippen molar-refractivity contribution in [2.45, 2.75) is 38.8 Å². The van der Waals surface area contributed by atoms with Crippen LogP contribution in [-0.4, -0.2) is 19.3 Å². The van der Waals surface area contributed by atoms with E-state index in [9.17, 15) is 13.2 Å². The topological polar surface area (TPSA) is 3.24 Å². The summed E-state index contributed by atoms with van der Waals surface area (Å²) in [5.41, 5.74) is 2.29. The number of hydrogen-bond acceptors (Lipinski definition) is 1. The molecule has 1 aromatic carbocycles. The zero-order valence-corrected chi connectivity index (χ0v) is 11.4. The van der Waals surface area contributed by atoms with Crippen molar-refractivity contribution in [1.82, 2.24) is 0 Å². The number of anilines is 1. The average molecular weight is 271 g/mol. The molecule has 0 amide bonds. The van der Waals surface area contributed by atoms with Gasteiger partial charge in [-0.1, -0.05) is 26.0 Å². The second kappa shape index (κ2) is 5.43. The predicted molar refractivity (Wildman–Crippen MR) is 71.5 cm³/mol. The van der Waals surface area contributed by atoms with Gasteiger partial charge in [-0.2, -0.15) is 13.2 Å². The summed E-state index contributed by atoms with van der Waals surface area (Å²) in [6.07, 6.45) is -3.63. The van der Waals surface area contributed by atoms with Gasteiger partial charge in [0.25, 0.3) is 0 Å². The van der Waals surface area contributed by atoms with Crippen LogP contribution < -0.4 is 4.90 Å². The van der Waals surface area contributed by atoms with Gasteiger partial charge in [0, 0.05) is 18.8 Å². The fraction of sp³-hybridized carbons (Fsp3) is 0.600. The first kappa shape index (κ1) is 14.2. The SMILES string of the molecule is CC(C)c1ccc(N2CCC(C(F)(F)F)CC2)cc1. The second-order valence-electron chi connectivity index (χ2n) is 5.55. The standard InChI is InChI=1S/C15H20F3N/c1-11(2)12-3-5-14(6-4-12)19-9-7-13(8-10-19)15(16,17)18/h3-6,11,13H,7-10H2,1-2H3. The fourth-order valence-corrected chi connectivity index (χ4v) is 2.54. The molecule has 1 nitrogen and oxygen atoms in total. The molecule has 1 fully saturated rings. The Morgan fingerprint density at radius 3 is 2.00 bits per heavy atom. The van der Waals surface area contributed by atoms with Crippen LogP contribution in [0.25, 0.3) is 0 Å². The fourth-order valence-electron chi connectivity index (χ4n) is 2.54. The summed E-state index contributed by atoms with van der Waals surface area (Å²) in [4.78, 5) is 2.05.